The number of imidazole rings is 1. The molecule has 19 heavy (non-hydrogen) atoms. The summed E-state index contributed by atoms with van der Waals surface area (Å²) in [6, 6.07) is 13.8. The largest absolute Gasteiger partial charge is 0.492 e. The summed E-state index contributed by atoms with van der Waals surface area (Å²) in [5.41, 5.74) is 9.57. The first-order valence-corrected chi connectivity index (χ1v) is 6.24. The zero-order valence-electron chi connectivity index (χ0n) is 10.7. The van der Waals surface area contributed by atoms with E-state index in [1.54, 1.807) is 0 Å². The number of aromatic nitrogens is 2. The van der Waals surface area contributed by atoms with E-state index in [0.717, 1.165) is 16.7 Å². The highest BCUT2D eigenvalue weighted by Gasteiger charge is 2.07. The first kappa shape index (κ1) is 11.6. The van der Waals surface area contributed by atoms with Crippen LogP contribution in [0.3, 0.4) is 0 Å². The molecule has 0 unspecified atom stereocenters. The summed E-state index contributed by atoms with van der Waals surface area (Å²) < 4.78 is 7.55. The number of hydrogen-bond acceptors (Lipinski definition) is 3. The number of nitrogen functional groups attached to an aromatic ring is 1. The minimum atomic E-state index is 0.596. The Morgan fingerprint density at radius 1 is 1.21 bits per heavy atom. The average molecular weight is 253 g/mol. The molecule has 0 saturated heterocycles. The van der Waals surface area contributed by atoms with Gasteiger partial charge in [-0.3, -0.25) is 4.57 Å². The lowest BCUT2D eigenvalue weighted by Gasteiger charge is -2.10. The van der Waals surface area contributed by atoms with Crippen LogP contribution in [-0.4, -0.2) is 16.2 Å². The van der Waals surface area contributed by atoms with Crippen molar-refractivity contribution < 1.29 is 4.74 Å². The van der Waals surface area contributed by atoms with E-state index < -0.39 is 0 Å². The van der Waals surface area contributed by atoms with Crippen molar-refractivity contribution in [1.29, 1.82) is 0 Å². The number of para-hydroxylation sites is 2. The average Bonchev–Trinajstić information content (AvgIpc) is 2.85. The van der Waals surface area contributed by atoms with Crippen molar-refractivity contribution in [3.8, 4) is 11.4 Å². The highest BCUT2D eigenvalue weighted by molar-refractivity contribution is 5.77. The molecular weight excluding hydrogens is 238 g/mol. The van der Waals surface area contributed by atoms with E-state index in [4.69, 9.17) is 10.5 Å². The quantitative estimate of drug-likeness (QED) is 0.730. The Kier molecular flexibility index (Phi) is 2.83. The standard InChI is InChI=1S/C15H15N3O/c1-2-19-15-9-11(7-8-12(15)16)18-10-17-13-5-3-4-6-14(13)18/h3-10H,2,16H2,1H3. The lowest BCUT2D eigenvalue weighted by atomic mass is 10.2. The van der Waals surface area contributed by atoms with Crippen LogP contribution in [0.4, 0.5) is 5.69 Å². The van der Waals surface area contributed by atoms with E-state index in [1.165, 1.54) is 0 Å². The van der Waals surface area contributed by atoms with Crippen molar-refractivity contribution in [2.45, 2.75) is 6.92 Å². The third-order valence-electron chi connectivity index (χ3n) is 3.03. The van der Waals surface area contributed by atoms with Gasteiger partial charge in [-0.15, -0.1) is 0 Å². The molecule has 0 aliphatic carbocycles. The molecule has 0 bridgehead atoms. The predicted molar refractivity (Wildman–Crippen MR) is 76.7 cm³/mol. The van der Waals surface area contributed by atoms with Gasteiger partial charge in [0, 0.05) is 6.07 Å². The molecular formula is C15H15N3O. The number of fused-ring (bicyclic) bond motifs is 1. The smallest absolute Gasteiger partial charge is 0.144 e. The number of hydrogen-bond donors (Lipinski definition) is 1. The fraction of sp³-hybridized carbons (Fsp3) is 0.133. The maximum Gasteiger partial charge on any atom is 0.144 e. The number of nitrogens with zero attached hydrogens (tertiary/aromatic N) is 2. The molecule has 2 aromatic carbocycles. The molecule has 0 fully saturated rings. The summed E-state index contributed by atoms with van der Waals surface area (Å²) in [5.74, 6) is 0.706. The molecule has 0 aliphatic rings. The second-order valence-corrected chi connectivity index (χ2v) is 4.26. The molecule has 1 heterocycles. The molecule has 0 saturated carbocycles. The van der Waals surface area contributed by atoms with Gasteiger partial charge in [-0.25, -0.2) is 4.98 Å². The third-order valence-corrected chi connectivity index (χ3v) is 3.03. The number of anilines is 1. The summed E-state index contributed by atoms with van der Waals surface area (Å²) in [5, 5.41) is 0. The zero-order chi connectivity index (χ0) is 13.2. The fourth-order valence-electron chi connectivity index (χ4n) is 2.12. The molecule has 0 amide bonds. The van der Waals surface area contributed by atoms with E-state index in [2.05, 4.69) is 4.98 Å². The van der Waals surface area contributed by atoms with Gasteiger partial charge in [0.15, 0.2) is 0 Å². The van der Waals surface area contributed by atoms with E-state index in [1.807, 2.05) is 60.3 Å². The Morgan fingerprint density at radius 3 is 2.89 bits per heavy atom. The van der Waals surface area contributed by atoms with Gasteiger partial charge in [-0.1, -0.05) is 12.1 Å². The van der Waals surface area contributed by atoms with Gasteiger partial charge < -0.3 is 10.5 Å². The van der Waals surface area contributed by atoms with Crippen LogP contribution >= 0.6 is 0 Å². The highest BCUT2D eigenvalue weighted by Crippen LogP contribution is 2.26. The first-order valence-electron chi connectivity index (χ1n) is 6.24. The fourth-order valence-corrected chi connectivity index (χ4v) is 2.12. The summed E-state index contributed by atoms with van der Waals surface area (Å²) >= 11 is 0. The normalized spacial score (nSPS) is 10.8. The van der Waals surface area contributed by atoms with Crippen LogP contribution in [0.1, 0.15) is 6.92 Å². The van der Waals surface area contributed by atoms with Crippen LogP contribution in [0.15, 0.2) is 48.8 Å². The number of nitrogens with two attached hydrogens (primary N) is 1. The van der Waals surface area contributed by atoms with E-state index >= 15 is 0 Å². The van der Waals surface area contributed by atoms with Gasteiger partial charge in [0.05, 0.1) is 29.0 Å². The molecule has 0 spiro atoms. The number of benzene rings is 2. The number of rotatable bonds is 3. The topological polar surface area (TPSA) is 53.1 Å². The number of ether oxygens (including phenoxy) is 1. The van der Waals surface area contributed by atoms with Crippen molar-refractivity contribution in [3.63, 3.8) is 0 Å². The zero-order valence-corrected chi connectivity index (χ0v) is 10.7. The summed E-state index contributed by atoms with van der Waals surface area (Å²) in [4.78, 5) is 4.38. The molecule has 0 aliphatic heterocycles. The van der Waals surface area contributed by atoms with Crippen molar-refractivity contribution in [3.05, 3.63) is 48.8 Å². The summed E-state index contributed by atoms with van der Waals surface area (Å²) in [6.07, 6.45) is 1.81. The highest BCUT2D eigenvalue weighted by atomic mass is 16.5. The minimum Gasteiger partial charge on any atom is -0.492 e. The van der Waals surface area contributed by atoms with Crippen LogP contribution < -0.4 is 10.5 Å². The first-order chi connectivity index (χ1) is 9.29. The van der Waals surface area contributed by atoms with E-state index in [0.29, 0.717) is 18.0 Å². The second-order valence-electron chi connectivity index (χ2n) is 4.26. The Hall–Kier alpha value is -2.49. The van der Waals surface area contributed by atoms with Gasteiger partial charge in [0.1, 0.15) is 12.1 Å². The van der Waals surface area contributed by atoms with Crippen LogP contribution in [-0.2, 0) is 0 Å². The maximum absolute atomic E-state index is 5.89. The van der Waals surface area contributed by atoms with Crippen LogP contribution in [0, 0.1) is 0 Å². The van der Waals surface area contributed by atoms with Crippen molar-refractivity contribution >= 4 is 16.7 Å². The second kappa shape index (κ2) is 4.65. The maximum atomic E-state index is 5.89. The lowest BCUT2D eigenvalue weighted by molar-refractivity contribution is 0.342. The molecule has 96 valence electrons. The Bertz CT molecular complexity index is 718. The molecule has 4 heteroatoms. The monoisotopic (exact) mass is 253 g/mol. The Balaban J connectivity index is 2.13. The molecule has 2 N–H and O–H groups in total. The molecule has 3 aromatic rings. The summed E-state index contributed by atoms with van der Waals surface area (Å²) in [6.45, 7) is 2.54. The molecule has 3 rings (SSSR count). The van der Waals surface area contributed by atoms with Gasteiger partial charge in [0.25, 0.3) is 0 Å². The lowest BCUT2D eigenvalue weighted by Crippen LogP contribution is -1.99. The van der Waals surface area contributed by atoms with Crippen molar-refractivity contribution in [1.82, 2.24) is 9.55 Å². The molecule has 1 aromatic heterocycles. The SMILES string of the molecule is CCOc1cc(-n2cnc3ccccc32)ccc1N. The van der Waals surface area contributed by atoms with Gasteiger partial charge in [0.2, 0.25) is 0 Å². The van der Waals surface area contributed by atoms with E-state index in [-0.39, 0.29) is 0 Å². The Labute approximate surface area is 111 Å². The van der Waals surface area contributed by atoms with E-state index in [9.17, 15) is 0 Å². The minimum absolute atomic E-state index is 0.596. The van der Waals surface area contributed by atoms with Crippen molar-refractivity contribution in [2.24, 2.45) is 0 Å². The molecule has 0 atom stereocenters. The van der Waals surface area contributed by atoms with Gasteiger partial charge in [-0.2, -0.15) is 0 Å². The molecule has 4 nitrogen and oxygen atoms in total. The van der Waals surface area contributed by atoms with Crippen LogP contribution in [0.25, 0.3) is 16.7 Å². The Morgan fingerprint density at radius 2 is 2.05 bits per heavy atom. The van der Waals surface area contributed by atoms with Crippen LogP contribution in [0.5, 0.6) is 5.75 Å². The van der Waals surface area contributed by atoms with Gasteiger partial charge in [-0.05, 0) is 31.2 Å². The third kappa shape index (κ3) is 2.01. The predicted octanol–water partition coefficient (Wildman–Crippen LogP) is 3.01. The van der Waals surface area contributed by atoms with Crippen molar-refractivity contribution in [2.75, 3.05) is 12.3 Å². The summed E-state index contributed by atoms with van der Waals surface area (Å²) in [7, 11) is 0. The molecule has 0 radical (unpaired) electrons. The van der Waals surface area contributed by atoms with Gasteiger partial charge >= 0.3 is 0 Å². The van der Waals surface area contributed by atoms with Crippen LogP contribution in [0.2, 0.25) is 0 Å².